The smallest absolute Gasteiger partial charge is 0.305 e. The molecule has 0 aliphatic carbocycles. The summed E-state index contributed by atoms with van der Waals surface area (Å²) in [6, 6.07) is 3.53. The zero-order chi connectivity index (χ0) is 23.4. The van der Waals surface area contributed by atoms with Gasteiger partial charge in [0.1, 0.15) is 11.4 Å². The first kappa shape index (κ1) is 21.4. The highest BCUT2D eigenvalue weighted by Crippen LogP contribution is 2.55. The molecule has 0 saturated carbocycles. The molecule has 1 aromatic rings. The third-order valence-electron chi connectivity index (χ3n) is 5.61. The van der Waals surface area contributed by atoms with E-state index in [1.54, 1.807) is 0 Å². The van der Waals surface area contributed by atoms with Gasteiger partial charge in [-0.25, -0.2) is 4.90 Å². The van der Waals surface area contributed by atoms with Crippen molar-refractivity contribution < 1.29 is 43.0 Å². The van der Waals surface area contributed by atoms with Crippen LogP contribution >= 0.6 is 0 Å². The molecule has 4 rings (SSSR count). The average molecular weight is 446 g/mol. The average Bonchev–Trinajstić information content (AvgIpc) is 3.37. The summed E-state index contributed by atoms with van der Waals surface area (Å²) in [4.78, 5) is 61.4. The quantitative estimate of drug-likeness (QED) is 0.154. The predicted octanol–water partition coefficient (Wildman–Crippen LogP) is 0.869. The standard InChI is InChI=1S/C20H18N2O10/c1-9(23)30-19(31-10(2)24)20-7-6-14(32-20)15-16(20)18(26)21(17(15)25)12-8-11(22(27)28)4-5-13(12)29-3/h4-8,14-16,19H,1-3H3/t14-,15+,16+,20-/m1/s1. The van der Waals surface area contributed by atoms with Crippen molar-refractivity contribution in [1.29, 1.82) is 0 Å². The number of rotatable bonds is 6. The van der Waals surface area contributed by atoms with E-state index < -0.39 is 58.5 Å². The van der Waals surface area contributed by atoms with E-state index in [1.165, 1.54) is 31.4 Å². The van der Waals surface area contributed by atoms with Gasteiger partial charge in [-0.05, 0) is 12.1 Å². The Kier molecular flexibility index (Phi) is 4.96. The summed E-state index contributed by atoms with van der Waals surface area (Å²) >= 11 is 0. The van der Waals surface area contributed by atoms with Gasteiger partial charge >= 0.3 is 11.9 Å². The largest absolute Gasteiger partial charge is 0.495 e. The predicted molar refractivity (Wildman–Crippen MR) is 103 cm³/mol. The van der Waals surface area contributed by atoms with E-state index in [-0.39, 0.29) is 17.1 Å². The minimum atomic E-state index is -1.72. The molecule has 12 nitrogen and oxygen atoms in total. The number of fused-ring (bicyclic) bond motifs is 5. The Bertz CT molecular complexity index is 1070. The van der Waals surface area contributed by atoms with E-state index >= 15 is 0 Å². The first-order chi connectivity index (χ1) is 15.1. The fourth-order valence-electron chi connectivity index (χ4n) is 4.42. The van der Waals surface area contributed by atoms with E-state index in [0.717, 1.165) is 24.8 Å². The minimum absolute atomic E-state index is 0.0732. The Morgan fingerprint density at radius 3 is 2.41 bits per heavy atom. The van der Waals surface area contributed by atoms with Gasteiger partial charge in [-0.15, -0.1) is 0 Å². The van der Waals surface area contributed by atoms with E-state index in [4.69, 9.17) is 18.9 Å². The van der Waals surface area contributed by atoms with Gasteiger partial charge in [-0.3, -0.25) is 29.3 Å². The highest BCUT2D eigenvalue weighted by molar-refractivity contribution is 6.24. The summed E-state index contributed by atoms with van der Waals surface area (Å²) in [5.74, 6) is -5.13. The number of esters is 2. The van der Waals surface area contributed by atoms with Crippen molar-refractivity contribution in [2.24, 2.45) is 11.8 Å². The maximum absolute atomic E-state index is 13.5. The van der Waals surface area contributed by atoms with E-state index in [0.29, 0.717) is 0 Å². The van der Waals surface area contributed by atoms with Gasteiger partial charge in [-0.2, -0.15) is 0 Å². The van der Waals surface area contributed by atoms with Crippen molar-refractivity contribution in [3.8, 4) is 5.75 Å². The summed E-state index contributed by atoms with van der Waals surface area (Å²) in [7, 11) is 1.30. The second kappa shape index (κ2) is 7.41. The van der Waals surface area contributed by atoms with Crippen molar-refractivity contribution in [2.75, 3.05) is 12.0 Å². The molecule has 0 radical (unpaired) electrons. The normalized spacial score (nSPS) is 27.6. The topological polar surface area (TPSA) is 152 Å². The third kappa shape index (κ3) is 3.02. The summed E-state index contributed by atoms with van der Waals surface area (Å²) in [5.41, 5.74) is -2.16. The molecular formula is C20H18N2O10. The lowest BCUT2D eigenvalue weighted by Crippen LogP contribution is -2.52. The summed E-state index contributed by atoms with van der Waals surface area (Å²) in [5, 5.41) is 11.2. The molecular weight excluding hydrogens is 428 g/mol. The monoisotopic (exact) mass is 446 g/mol. The number of hydrogen-bond acceptors (Lipinski definition) is 10. The Morgan fingerprint density at radius 2 is 1.84 bits per heavy atom. The van der Waals surface area contributed by atoms with Crippen LogP contribution in [0.15, 0.2) is 30.4 Å². The van der Waals surface area contributed by atoms with Crippen LogP contribution in [0.2, 0.25) is 0 Å². The lowest BCUT2D eigenvalue weighted by Gasteiger charge is -2.34. The lowest BCUT2D eigenvalue weighted by atomic mass is 9.76. The Balaban J connectivity index is 1.79. The molecule has 1 aromatic carbocycles. The van der Waals surface area contributed by atoms with Crippen molar-refractivity contribution in [2.45, 2.75) is 31.8 Å². The van der Waals surface area contributed by atoms with Crippen molar-refractivity contribution in [1.82, 2.24) is 0 Å². The first-order valence-corrected chi connectivity index (χ1v) is 9.52. The minimum Gasteiger partial charge on any atom is -0.495 e. The van der Waals surface area contributed by atoms with E-state index in [2.05, 4.69) is 0 Å². The molecule has 2 bridgehead atoms. The molecule has 12 heteroatoms. The maximum atomic E-state index is 13.5. The number of carbonyl (C=O) groups is 4. The number of non-ortho nitro benzene ring substituents is 1. The number of benzene rings is 1. The van der Waals surface area contributed by atoms with Crippen molar-refractivity contribution in [3.05, 3.63) is 40.5 Å². The number of anilines is 1. The molecule has 0 N–H and O–H groups in total. The van der Waals surface area contributed by atoms with E-state index in [9.17, 15) is 29.3 Å². The van der Waals surface area contributed by atoms with Crippen LogP contribution in [0, 0.1) is 22.0 Å². The molecule has 4 atom stereocenters. The number of ether oxygens (including phenoxy) is 4. The number of amides is 2. The van der Waals surface area contributed by atoms with Gasteiger partial charge in [0, 0.05) is 26.0 Å². The van der Waals surface area contributed by atoms with Gasteiger partial charge in [0.15, 0.2) is 5.60 Å². The fraction of sp³-hybridized carbons (Fsp3) is 0.400. The van der Waals surface area contributed by atoms with Gasteiger partial charge in [0.05, 0.1) is 30.0 Å². The number of carbonyl (C=O) groups excluding carboxylic acids is 4. The zero-order valence-electron chi connectivity index (χ0n) is 17.2. The number of hydrogen-bond donors (Lipinski definition) is 0. The molecule has 3 aliphatic heterocycles. The molecule has 3 aliphatic rings. The highest BCUT2D eigenvalue weighted by atomic mass is 16.7. The Morgan fingerprint density at radius 1 is 1.19 bits per heavy atom. The van der Waals surface area contributed by atoms with Crippen molar-refractivity contribution in [3.63, 3.8) is 0 Å². The maximum Gasteiger partial charge on any atom is 0.305 e. The number of nitro groups is 1. The third-order valence-corrected chi connectivity index (χ3v) is 5.61. The van der Waals surface area contributed by atoms with Crippen LogP contribution in [0.4, 0.5) is 11.4 Å². The van der Waals surface area contributed by atoms with E-state index in [1.807, 2.05) is 0 Å². The molecule has 0 spiro atoms. The highest BCUT2D eigenvalue weighted by Gasteiger charge is 2.72. The molecule has 168 valence electrons. The molecule has 32 heavy (non-hydrogen) atoms. The number of nitrogens with zero attached hydrogens (tertiary/aromatic N) is 2. The second-order valence-electron chi connectivity index (χ2n) is 7.47. The van der Waals surface area contributed by atoms with Crippen LogP contribution in [0.25, 0.3) is 0 Å². The van der Waals surface area contributed by atoms with Crippen molar-refractivity contribution >= 4 is 35.1 Å². The van der Waals surface area contributed by atoms with Gasteiger partial charge in [-0.1, -0.05) is 6.08 Å². The molecule has 0 aromatic heterocycles. The molecule has 2 amide bonds. The van der Waals surface area contributed by atoms with Crippen LogP contribution in [-0.4, -0.2) is 53.8 Å². The lowest BCUT2D eigenvalue weighted by molar-refractivity contribution is -0.384. The van der Waals surface area contributed by atoms with Gasteiger partial charge in [0.2, 0.25) is 11.8 Å². The Labute approximate surface area is 180 Å². The summed E-state index contributed by atoms with van der Waals surface area (Å²) < 4.78 is 21.3. The molecule has 3 heterocycles. The zero-order valence-corrected chi connectivity index (χ0v) is 17.2. The van der Waals surface area contributed by atoms with Gasteiger partial charge in [0.25, 0.3) is 12.0 Å². The first-order valence-electron chi connectivity index (χ1n) is 9.52. The molecule has 2 saturated heterocycles. The number of methoxy groups -OCH3 is 1. The fourth-order valence-corrected chi connectivity index (χ4v) is 4.42. The van der Waals surface area contributed by atoms with Crippen LogP contribution in [-0.2, 0) is 33.4 Å². The molecule has 2 fully saturated rings. The van der Waals surface area contributed by atoms with Crippen LogP contribution in [0.3, 0.4) is 0 Å². The van der Waals surface area contributed by atoms with Crippen LogP contribution in [0.5, 0.6) is 5.75 Å². The summed E-state index contributed by atoms with van der Waals surface area (Å²) in [6.45, 7) is 2.19. The van der Waals surface area contributed by atoms with Gasteiger partial charge < -0.3 is 18.9 Å². The van der Waals surface area contributed by atoms with Crippen LogP contribution in [0.1, 0.15) is 13.8 Å². The van der Waals surface area contributed by atoms with Crippen LogP contribution < -0.4 is 9.64 Å². The molecule has 0 unspecified atom stereocenters. The second-order valence-corrected chi connectivity index (χ2v) is 7.47. The SMILES string of the molecule is COc1ccc([N+](=O)[O-])cc1N1C(=O)[C@@H]2[C@@H](C1=O)[C@@]1(C(OC(C)=O)OC(C)=O)C=C[C@H]2O1. The number of nitro benzene ring substituents is 1. The summed E-state index contributed by atoms with van der Waals surface area (Å²) in [6.07, 6.45) is 0.507. The number of imide groups is 1. The Hall–Kier alpha value is -3.80.